The van der Waals surface area contributed by atoms with Crippen LogP contribution in [-0.2, 0) is 4.74 Å². The molecule has 17 heavy (non-hydrogen) atoms. The highest BCUT2D eigenvalue weighted by Gasteiger charge is 2.12. The summed E-state index contributed by atoms with van der Waals surface area (Å²) >= 11 is 4.02. The highest BCUT2D eigenvalue weighted by atomic mass is 32.1. The fourth-order valence-corrected chi connectivity index (χ4v) is 1.74. The normalized spacial score (nSPS) is 9.76. The van der Waals surface area contributed by atoms with Gasteiger partial charge >= 0.3 is 5.97 Å². The molecule has 0 amide bonds. The Morgan fingerprint density at radius 2 is 2.35 bits per heavy atom. The lowest BCUT2D eigenvalue weighted by Gasteiger charge is -2.02. The van der Waals surface area contributed by atoms with Gasteiger partial charge in [-0.3, -0.25) is 0 Å². The fourth-order valence-electron chi connectivity index (χ4n) is 1.66. The van der Waals surface area contributed by atoms with E-state index in [4.69, 9.17) is 4.74 Å². The predicted octanol–water partition coefficient (Wildman–Crippen LogP) is 2.24. The van der Waals surface area contributed by atoms with Gasteiger partial charge in [0.2, 0.25) is 0 Å². The predicted molar refractivity (Wildman–Crippen MR) is 70.4 cm³/mol. The van der Waals surface area contributed by atoms with Crippen molar-refractivity contribution in [1.82, 2.24) is 4.98 Å². The Kier molecular flexibility index (Phi) is 3.40. The van der Waals surface area contributed by atoms with Crippen LogP contribution in [0.3, 0.4) is 0 Å². The van der Waals surface area contributed by atoms with E-state index in [1.807, 2.05) is 12.1 Å². The highest BCUT2D eigenvalue weighted by Crippen LogP contribution is 2.20. The van der Waals surface area contributed by atoms with Crippen molar-refractivity contribution in [2.45, 2.75) is 0 Å². The van der Waals surface area contributed by atoms with Gasteiger partial charge in [-0.15, -0.1) is 0 Å². The number of aromatic amines is 1. The number of hydrogen-bond donors (Lipinski definition) is 2. The van der Waals surface area contributed by atoms with E-state index in [1.54, 1.807) is 12.3 Å². The molecule has 2 aromatic rings. The van der Waals surface area contributed by atoms with Crippen molar-refractivity contribution in [2.24, 2.45) is 0 Å². The van der Waals surface area contributed by atoms with Crippen LogP contribution in [0, 0.1) is 11.8 Å². The number of fused-ring (bicyclic) bond motifs is 1. The number of hydrogen-bond acceptors (Lipinski definition) is 3. The van der Waals surface area contributed by atoms with Gasteiger partial charge in [-0.25, -0.2) is 4.79 Å². The number of carbonyl (C=O) groups is 1. The first-order chi connectivity index (χ1) is 8.26. The maximum atomic E-state index is 11.7. The molecule has 0 bridgehead atoms. The molecule has 0 fully saturated rings. The molecule has 0 saturated heterocycles. The molecule has 1 aromatic carbocycles. The third kappa shape index (κ3) is 2.29. The smallest absolute Gasteiger partial charge is 0.338 e. The molecule has 1 N–H and O–H groups in total. The highest BCUT2D eigenvalue weighted by molar-refractivity contribution is 7.80. The second-order valence-corrected chi connectivity index (χ2v) is 3.73. The number of ether oxygens (including phenoxy) is 1. The van der Waals surface area contributed by atoms with Gasteiger partial charge in [0.1, 0.15) is 0 Å². The van der Waals surface area contributed by atoms with Gasteiger partial charge in [0.25, 0.3) is 0 Å². The van der Waals surface area contributed by atoms with Gasteiger partial charge in [-0.2, -0.15) is 12.6 Å². The van der Waals surface area contributed by atoms with E-state index >= 15 is 0 Å². The molecule has 3 nitrogen and oxygen atoms in total. The minimum Gasteiger partial charge on any atom is -0.465 e. The number of methoxy groups -OCH3 is 1. The minimum atomic E-state index is -0.357. The molecule has 0 saturated carbocycles. The van der Waals surface area contributed by atoms with Gasteiger partial charge in [0.15, 0.2) is 0 Å². The molecule has 1 heterocycles. The van der Waals surface area contributed by atoms with E-state index < -0.39 is 0 Å². The number of carbonyl (C=O) groups excluding carboxylic acids is 1. The van der Waals surface area contributed by atoms with Crippen molar-refractivity contribution < 1.29 is 9.53 Å². The average Bonchev–Trinajstić information content (AvgIpc) is 2.82. The van der Waals surface area contributed by atoms with Crippen molar-refractivity contribution in [2.75, 3.05) is 12.9 Å². The summed E-state index contributed by atoms with van der Waals surface area (Å²) < 4.78 is 4.76. The largest absolute Gasteiger partial charge is 0.465 e. The topological polar surface area (TPSA) is 42.1 Å². The Balaban J connectivity index is 2.62. The standard InChI is InChI=1S/C13H11NO2S/c1-16-13(15)11-7-9(3-2-6-17)8-12-10(11)4-5-14-12/h4-5,7-8,14,17H,6H2,1H3. The van der Waals surface area contributed by atoms with Crippen molar-refractivity contribution in [1.29, 1.82) is 0 Å². The monoisotopic (exact) mass is 245 g/mol. The molecule has 0 aliphatic carbocycles. The summed E-state index contributed by atoms with van der Waals surface area (Å²) in [6, 6.07) is 5.48. The van der Waals surface area contributed by atoms with E-state index in [0.29, 0.717) is 11.3 Å². The van der Waals surface area contributed by atoms with Crippen molar-refractivity contribution in [3.05, 3.63) is 35.5 Å². The summed E-state index contributed by atoms with van der Waals surface area (Å²) in [7, 11) is 1.37. The zero-order valence-corrected chi connectivity index (χ0v) is 10.2. The van der Waals surface area contributed by atoms with Crippen LogP contribution in [0.2, 0.25) is 0 Å². The summed E-state index contributed by atoms with van der Waals surface area (Å²) in [6.07, 6.45) is 1.78. The number of esters is 1. The Hall–Kier alpha value is -1.86. The van der Waals surface area contributed by atoms with Crippen molar-refractivity contribution in [3.8, 4) is 11.8 Å². The summed E-state index contributed by atoms with van der Waals surface area (Å²) in [5.41, 5.74) is 2.17. The first-order valence-corrected chi connectivity index (χ1v) is 5.68. The number of thiol groups is 1. The van der Waals surface area contributed by atoms with Gasteiger partial charge in [0.05, 0.1) is 18.4 Å². The van der Waals surface area contributed by atoms with Crippen LogP contribution in [0.4, 0.5) is 0 Å². The lowest BCUT2D eigenvalue weighted by molar-refractivity contribution is 0.0603. The molecule has 86 valence electrons. The molecule has 0 aliphatic heterocycles. The van der Waals surface area contributed by atoms with Crippen molar-refractivity contribution >= 4 is 29.5 Å². The van der Waals surface area contributed by atoms with Crippen LogP contribution < -0.4 is 0 Å². The van der Waals surface area contributed by atoms with Crippen LogP contribution in [-0.4, -0.2) is 23.8 Å². The van der Waals surface area contributed by atoms with Crippen LogP contribution in [0.1, 0.15) is 15.9 Å². The number of H-pyrrole nitrogens is 1. The van der Waals surface area contributed by atoms with Crippen LogP contribution >= 0.6 is 12.6 Å². The van der Waals surface area contributed by atoms with Crippen LogP contribution in [0.15, 0.2) is 24.4 Å². The molecule has 0 unspecified atom stereocenters. The van der Waals surface area contributed by atoms with Gasteiger partial charge in [-0.05, 0) is 18.2 Å². The number of nitrogens with one attached hydrogen (secondary N) is 1. The quantitative estimate of drug-likeness (QED) is 0.459. The zero-order chi connectivity index (χ0) is 12.3. The number of benzene rings is 1. The second-order valence-electron chi connectivity index (χ2n) is 3.41. The van der Waals surface area contributed by atoms with Gasteiger partial charge in [-0.1, -0.05) is 11.8 Å². The van der Waals surface area contributed by atoms with Gasteiger partial charge < -0.3 is 9.72 Å². The summed E-state index contributed by atoms with van der Waals surface area (Å²) in [5.74, 6) is 5.92. The molecule has 0 atom stereocenters. The summed E-state index contributed by atoms with van der Waals surface area (Å²) in [4.78, 5) is 14.7. The van der Waals surface area contributed by atoms with Crippen LogP contribution in [0.5, 0.6) is 0 Å². The molecule has 2 rings (SSSR count). The van der Waals surface area contributed by atoms with E-state index in [-0.39, 0.29) is 5.97 Å². The lowest BCUT2D eigenvalue weighted by atomic mass is 10.1. The molecule has 4 heteroatoms. The van der Waals surface area contributed by atoms with E-state index in [1.165, 1.54) is 7.11 Å². The Labute approximate surface area is 105 Å². The fraction of sp³-hybridized carbons (Fsp3) is 0.154. The first-order valence-electron chi connectivity index (χ1n) is 5.05. The third-order valence-corrected chi connectivity index (χ3v) is 2.54. The Bertz CT molecular complexity index is 619. The molecule has 0 spiro atoms. The maximum absolute atomic E-state index is 11.7. The molecular formula is C13H11NO2S. The Morgan fingerprint density at radius 1 is 1.53 bits per heavy atom. The summed E-state index contributed by atoms with van der Waals surface area (Å²) in [6.45, 7) is 0. The minimum absolute atomic E-state index is 0.357. The zero-order valence-electron chi connectivity index (χ0n) is 9.28. The van der Waals surface area contributed by atoms with E-state index in [0.717, 1.165) is 16.5 Å². The third-order valence-electron chi connectivity index (χ3n) is 2.39. The molecule has 0 radical (unpaired) electrons. The van der Waals surface area contributed by atoms with Gasteiger partial charge in [0, 0.05) is 22.7 Å². The molecular weight excluding hydrogens is 234 g/mol. The maximum Gasteiger partial charge on any atom is 0.338 e. The average molecular weight is 245 g/mol. The van der Waals surface area contributed by atoms with E-state index in [2.05, 4.69) is 29.5 Å². The van der Waals surface area contributed by atoms with Crippen LogP contribution in [0.25, 0.3) is 10.9 Å². The molecule has 0 aliphatic rings. The second kappa shape index (κ2) is 4.98. The number of rotatable bonds is 1. The molecule has 1 aromatic heterocycles. The van der Waals surface area contributed by atoms with Crippen molar-refractivity contribution in [3.63, 3.8) is 0 Å². The Morgan fingerprint density at radius 3 is 3.06 bits per heavy atom. The first kappa shape index (κ1) is 11.6. The van der Waals surface area contributed by atoms with E-state index in [9.17, 15) is 4.79 Å². The summed E-state index contributed by atoms with van der Waals surface area (Å²) in [5, 5.41) is 0.841. The SMILES string of the molecule is COC(=O)c1cc(C#CCS)cc2[nH]ccc12. The number of aromatic nitrogens is 1. The lowest BCUT2D eigenvalue weighted by Crippen LogP contribution is -2.02.